The third-order valence-electron chi connectivity index (χ3n) is 2.35. The van der Waals surface area contributed by atoms with Crippen LogP contribution in [0.1, 0.15) is 13.3 Å². The van der Waals surface area contributed by atoms with Crippen molar-refractivity contribution in [2.45, 2.75) is 19.5 Å². The Morgan fingerprint density at radius 3 is 2.57 bits per heavy atom. The maximum Gasteiger partial charge on any atom is 0.395 e. The van der Waals surface area contributed by atoms with E-state index in [1.807, 2.05) is 0 Å². The molecule has 1 aliphatic carbocycles. The van der Waals surface area contributed by atoms with Crippen LogP contribution >= 0.6 is 0 Å². The van der Waals surface area contributed by atoms with Gasteiger partial charge in [0, 0.05) is 5.57 Å². The first kappa shape index (κ1) is 10.9. The van der Waals surface area contributed by atoms with Crippen molar-refractivity contribution in [3.05, 3.63) is 23.8 Å². The van der Waals surface area contributed by atoms with Gasteiger partial charge in [0.1, 0.15) is 0 Å². The SMILES string of the molecule is C#CC1=CC(CC)C(C(F)(F)F)C=C1. The van der Waals surface area contributed by atoms with Crippen molar-refractivity contribution in [1.29, 1.82) is 0 Å². The first-order valence-corrected chi connectivity index (χ1v) is 4.42. The minimum atomic E-state index is -4.17. The van der Waals surface area contributed by atoms with Gasteiger partial charge in [0.05, 0.1) is 5.92 Å². The molecule has 3 heteroatoms. The van der Waals surface area contributed by atoms with Crippen molar-refractivity contribution in [3.8, 4) is 12.3 Å². The molecule has 0 saturated carbocycles. The van der Waals surface area contributed by atoms with Crippen LogP contribution in [-0.4, -0.2) is 6.18 Å². The molecule has 0 aromatic carbocycles. The summed E-state index contributed by atoms with van der Waals surface area (Å²) < 4.78 is 37.4. The predicted octanol–water partition coefficient (Wildman–Crippen LogP) is 3.32. The van der Waals surface area contributed by atoms with Crippen LogP contribution in [0.2, 0.25) is 0 Å². The van der Waals surface area contributed by atoms with Gasteiger partial charge in [-0.1, -0.05) is 31.1 Å². The lowest BCUT2D eigenvalue weighted by atomic mass is 9.84. The predicted molar refractivity (Wildman–Crippen MR) is 49.4 cm³/mol. The lowest BCUT2D eigenvalue weighted by Gasteiger charge is -2.26. The molecule has 1 rings (SSSR count). The molecule has 1 aliphatic rings. The second kappa shape index (κ2) is 3.91. The Morgan fingerprint density at radius 2 is 2.14 bits per heavy atom. The molecule has 2 atom stereocenters. The molecule has 0 fully saturated rings. The van der Waals surface area contributed by atoms with Gasteiger partial charge in [0.2, 0.25) is 0 Å². The highest BCUT2D eigenvalue weighted by Crippen LogP contribution is 2.38. The number of hydrogen-bond acceptors (Lipinski definition) is 0. The molecule has 0 aliphatic heterocycles. The molecule has 14 heavy (non-hydrogen) atoms. The molecular formula is C11H11F3. The molecule has 0 radical (unpaired) electrons. The zero-order chi connectivity index (χ0) is 10.8. The summed E-state index contributed by atoms with van der Waals surface area (Å²) in [6.45, 7) is 1.73. The monoisotopic (exact) mass is 200 g/mol. The summed E-state index contributed by atoms with van der Waals surface area (Å²) in [7, 11) is 0. The van der Waals surface area contributed by atoms with Crippen molar-refractivity contribution >= 4 is 0 Å². The van der Waals surface area contributed by atoms with E-state index in [1.54, 1.807) is 6.92 Å². The minimum Gasteiger partial charge on any atom is -0.170 e. The lowest BCUT2D eigenvalue weighted by Crippen LogP contribution is -2.29. The van der Waals surface area contributed by atoms with Gasteiger partial charge in [-0.05, 0) is 12.3 Å². The fourth-order valence-electron chi connectivity index (χ4n) is 1.56. The standard InChI is InChI=1S/C11H11F3/c1-3-8-5-6-10(11(12,13)14)9(4-2)7-8/h1,5-7,9-10H,4H2,2H3. The smallest absolute Gasteiger partial charge is 0.170 e. The zero-order valence-corrected chi connectivity index (χ0v) is 7.81. The van der Waals surface area contributed by atoms with Gasteiger partial charge < -0.3 is 0 Å². The Kier molecular flexibility index (Phi) is 3.05. The van der Waals surface area contributed by atoms with Crippen LogP contribution in [-0.2, 0) is 0 Å². The van der Waals surface area contributed by atoms with E-state index in [4.69, 9.17) is 6.42 Å². The summed E-state index contributed by atoms with van der Waals surface area (Å²) in [5.74, 6) is 0.440. The van der Waals surface area contributed by atoms with Crippen LogP contribution in [0.4, 0.5) is 13.2 Å². The zero-order valence-electron chi connectivity index (χ0n) is 7.81. The molecule has 0 nitrogen and oxygen atoms in total. The molecule has 0 aromatic heterocycles. The molecule has 0 bridgehead atoms. The van der Waals surface area contributed by atoms with E-state index >= 15 is 0 Å². The van der Waals surface area contributed by atoms with Gasteiger partial charge in [-0.3, -0.25) is 0 Å². The van der Waals surface area contributed by atoms with E-state index in [0.717, 1.165) is 6.08 Å². The van der Waals surface area contributed by atoms with Crippen LogP contribution in [0.3, 0.4) is 0 Å². The van der Waals surface area contributed by atoms with Crippen LogP contribution < -0.4 is 0 Å². The summed E-state index contributed by atoms with van der Waals surface area (Å²) in [4.78, 5) is 0. The van der Waals surface area contributed by atoms with E-state index in [0.29, 0.717) is 12.0 Å². The van der Waals surface area contributed by atoms with Gasteiger partial charge in [-0.2, -0.15) is 13.2 Å². The van der Waals surface area contributed by atoms with Gasteiger partial charge in [0.25, 0.3) is 0 Å². The van der Waals surface area contributed by atoms with Crippen molar-refractivity contribution in [2.75, 3.05) is 0 Å². The Balaban J connectivity index is 2.91. The molecule has 76 valence electrons. The Morgan fingerprint density at radius 1 is 1.50 bits per heavy atom. The van der Waals surface area contributed by atoms with E-state index in [1.165, 1.54) is 12.2 Å². The van der Waals surface area contributed by atoms with E-state index in [9.17, 15) is 13.2 Å². The van der Waals surface area contributed by atoms with Gasteiger partial charge in [-0.15, -0.1) is 6.42 Å². The molecule has 0 spiro atoms. The van der Waals surface area contributed by atoms with Crippen LogP contribution in [0.5, 0.6) is 0 Å². The summed E-state index contributed by atoms with van der Waals surface area (Å²) in [5.41, 5.74) is 0.539. The van der Waals surface area contributed by atoms with E-state index in [-0.39, 0.29) is 0 Å². The summed E-state index contributed by atoms with van der Waals surface area (Å²) in [6.07, 6.45) is 5.44. The average molecular weight is 200 g/mol. The normalized spacial score (nSPS) is 26.9. The number of alkyl halides is 3. The minimum absolute atomic E-state index is 0.444. The van der Waals surface area contributed by atoms with E-state index < -0.39 is 18.0 Å². The number of allylic oxidation sites excluding steroid dienone is 4. The Bertz CT molecular complexity index is 301. The van der Waals surface area contributed by atoms with Crippen molar-refractivity contribution in [2.24, 2.45) is 11.8 Å². The Hall–Kier alpha value is -1.17. The number of hydrogen-bond donors (Lipinski definition) is 0. The fraction of sp³-hybridized carbons (Fsp3) is 0.455. The highest BCUT2D eigenvalue weighted by atomic mass is 19.4. The third kappa shape index (κ3) is 2.20. The number of terminal acetylenes is 1. The summed E-state index contributed by atoms with van der Waals surface area (Å²) in [6, 6.07) is 0. The van der Waals surface area contributed by atoms with Gasteiger partial charge >= 0.3 is 6.18 Å². The summed E-state index contributed by atoms with van der Waals surface area (Å²) in [5, 5.41) is 0. The third-order valence-corrected chi connectivity index (χ3v) is 2.35. The van der Waals surface area contributed by atoms with Gasteiger partial charge in [-0.25, -0.2) is 0 Å². The van der Waals surface area contributed by atoms with Crippen molar-refractivity contribution in [3.63, 3.8) is 0 Å². The second-order valence-electron chi connectivity index (χ2n) is 3.26. The Labute approximate surface area is 81.5 Å². The first-order valence-electron chi connectivity index (χ1n) is 4.42. The van der Waals surface area contributed by atoms with Crippen LogP contribution in [0.25, 0.3) is 0 Å². The molecular weight excluding hydrogens is 189 g/mol. The largest absolute Gasteiger partial charge is 0.395 e. The molecule has 0 N–H and O–H groups in total. The van der Waals surface area contributed by atoms with Crippen molar-refractivity contribution in [1.82, 2.24) is 0 Å². The van der Waals surface area contributed by atoms with Crippen molar-refractivity contribution < 1.29 is 13.2 Å². The number of rotatable bonds is 1. The molecule has 0 saturated heterocycles. The lowest BCUT2D eigenvalue weighted by molar-refractivity contribution is -0.170. The maximum atomic E-state index is 12.5. The highest BCUT2D eigenvalue weighted by Gasteiger charge is 2.42. The fourth-order valence-corrected chi connectivity index (χ4v) is 1.56. The van der Waals surface area contributed by atoms with E-state index in [2.05, 4.69) is 5.92 Å². The maximum absolute atomic E-state index is 12.5. The molecule has 0 amide bonds. The topological polar surface area (TPSA) is 0 Å². The number of halogens is 3. The molecule has 0 heterocycles. The quantitative estimate of drug-likeness (QED) is 0.569. The highest BCUT2D eigenvalue weighted by molar-refractivity contribution is 5.39. The summed E-state index contributed by atoms with van der Waals surface area (Å²) >= 11 is 0. The molecule has 2 unspecified atom stereocenters. The average Bonchev–Trinajstić information content (AvgIpc) is 2.15. The van der Waals surface area contributed by atoms with Crippen LogP contribution in [0.15, 0.2) is 23.8 Å². The van der Waals surface area contributed by atoms with Gasteiger partial charge in [0.15, 0.2) is 0 Å². The van der Waals surface area contributed by atoms with Crippen LogP contribution in [0, 0.1) is 24.2 Å². The second-order valence-corrected chi connectivity index (χ2v) is 3.26. The first-order chi connectivity index (χ1) is 6.49. The molecule has 0 aromatic rings.